The van der Waals surface area contributed by atoms with E-state index in [1.54, 1.807) is 25.3 Å². The van der Waals surface area contributed by atoms with Crippen LogP contribution in [0.5, 0.6) is 17.2 Å². The van der Waals surface area contributed by atoms with Crippen LogP contribution in [0.1, 0.15) is 5.56 Å². The van der Waals surface area contributed by atoms with E-state index in [2.05, 4.69) is 0 Å². The maximum atomic E-state index is 12.7. The molecule has 1 fully saturated rings. The van der Waals surface area contributed by atoms with Gasteiger partial charge in [0.05, 0.1) is 12.0 Å². The van der Waals surface area contributed by atoms with Gasteiger partial charge in [0.2, 0.25) is 6.79 Å². The Kier molecular flexibility index (Phi) is 4.87. The molecule has 2 aliphatic heterocycles. The summed E-state index contributed by atoms with van der Waals surface area (Å²) in [6.45, 7) is 0.350. The number of nitrogens with zero attached hydrogens (tertiary/aromatic N) is 2. The number of amides is 2. The molecule has 0 atom stereocenters. The molecule has 28 heavy (non-hydrogen) atoms. The zero-order chi connectivity index (χ0) is 19.7. The number of rotatable bonds is 5. The summed E-state index contributed by atoms with van der Waals surface area (Å²) >= 11 is 0.933. The lowest BCUT2D eigenvalue weighted by atomic mass is 10.2. The number of anilines is 1. The van der Waals surface area contributed by atoms with Crippen molar-refractivity contribution >= 4 is 34.7 Å². The summed E-state index contributed by atoms with van der Waals surface area (Å²) in [6, 6.07) is 12.8. The van der Waals surface area contributed by atoms with Crippen molar-refractivity contribution in [3.05, 3.63) is 52.9 Å². The predicted octanol–water partition coefficient (Wildman–Crippen LogP) is 3.55. The molecule has 2 aromatic rings. The minimum atomic E-state index is -0.312. The molecule has 144 valence electrons. The predicted molar refractivity (Wildman–Crippen MR) is 107 cm³/mol. The summed E-state index contributed by atoms with van der Waals surface area (Å²) in [5, 5.41) is -0.294. The maximum absolute atomic E-state index is 12.7. The summed E-state index contributed by atoms with van der Waals surface area (Å²) in [5.74, 6) is 1.74. The second-order valence-electron chi connectivity index (χ2n) is 6.26. The number of imide groups is 1. The van der Waals surface area contributed by atoms with E-state index >= 15 is 0 Å². The van der Waals surface area contributed by atoms with Crippen molar-refractivity contribution in [1.29, 1.82) is 0 Å². The third-order valence-corrected chi connectivity index (χ3v) is 5.34. The lowest BCUT2D eigenvalue weighted by Gasteiger charge is -2.24. The first kappa shape index (κ1) is 18.2. The van der Waals surface area contributed by atoms with E-state index < -0.39 is 0 Å². The third kappa shape index (κ3) is 3.50. The Bertz CT molecular complexity index is 958. The molecule has 0 N–H and O–H groups in total. The molecule has 7 nitrogen and oxygen atoms in total. The molecule has 2 aliphatic rings. The Balaban J connectivity index is 1.48. The highest BCUT2D eigenvalue weighted by Crippen LogP contribution is 2.36. The van der Waals surface area contributed by atoms with E-state index in [9.17, 15) is 9.59 Å². The fourth-order valence-electron chi connectivity index (χ4n) is 2.91. The third-order valence-electron chi connectivity index (χ3n) is 4.43. The summed E-state index contributed by atoms with van der Waals surface area (Å²) in [4.78, 5) is 28.6. The summed E-state index contributed by atoms with van der Waals surface area (Å²) in [7, 11) is 3.43. The molecule has 0 aliphatic carbocycles. The topological polar surface area (TPSA) is 68.3 Å². The van der Waals surface area contributed by atoms with Crippen molar-refractivity contribution in [3.8, 4) is 17.2 Å². The quantitative estimate of drug-likeness (QED) is 0.714. The molecule has 0 aromatic heterocycles. The standard InChI is InChI=1S/C20H18N2O5S/c1-21(14-4-6-15(25-2)7-5-14)11-22-19(23)18(28-20(22)24)10-13-3-8-16-17(9-13)27-12-26-16/h3-10H,11-12H2,1-2H3/b18-10+. The molecular weight excluding hydrogens is 380 g/mol. The zero-order valence-corrected chi connectivity index (χ0v) is 16.2. The smallest absolute Gasteiger partial charge is 0.295 e. The summed E-state index contributed by atoms with van der Waals surface area (Å²) < 4.78 is 15.8. The highest BCUT2D eigenvalue weighted by molar-refractivity contribution is 8.18. The average Bonchev–Trinajstić information content (AvgIpc) is 3.27. The van der Waals surface area contributed by atoms with Gasteiger partial charge < -0.3 is 19.1 Å². The number of hydrogen-bond acceptors (Lipinski definition) is 7. The van der Waals surface area contributed by atoms with Crippen molar-refractivity contribution in [3.63, 3.8) is 0 Å². The zero-order valence-electron chi connectivity index (χ0n) is 15.4. The second-order valence-corrected chi connectivity index (χ2v) is 7.25. The fourth-order valence-corrected chi connectivity index (χ4v) is 3.74. The first-order valence-corrected chi connectivity index (χ1v) is 9.37. The van der Waals surface area contributed by atoms with Crippen LogP contribution in [0.25, 0.3) is 6.08 Å². The van der Waals surface area contributed by atoms with Crippen LogP contribution in [0.2, 0.25) is 0 Å². The van der Waals surface area contributed by atoms with Crippen molar-refractivity contribution in [1.82, 2.24) is 4.90 Å². The van der Waals surface area contributed by atoms with E-state index in [-0.39, 0.29) is 24.6 Å². The normalized spacial score (nSPS) is 16.8. The molecule has 0 spiro atoms. The Labute approximate surface area is 166 Å². The van der Waals surface area contributed by atoms with Crippen LogP contribution in [0.15, 0.2) is 47.4 Å². The largest absolute Gasteiger partial charge is 0.497 e. The first-order chi connectivity index (χ1) is 13.5. The van der Waals surface area contributed by atoms with E-state index in [1.807, 2.05) is 42.3 Å². The average molecular weight is 398 g/mol. The SMILES string of the molecule is COc1ccc(N(C)CN2C(=O)S/C(=C/c3ccc4c(c3)OCO4)C2=O)cc1. The summed E-state index contributed by atoms with van der Waals surface area (Å²) in [6.07, 6.45) is 1.69. The van der Waals surface area contributed by atoms with Gasteiger partial charge in [-0.05, 0) is 59.8 Å². The number of carbonyl (C=O) groups excluding carboxylic acids is 2. The molecule has 1 saturated heterocycles. The minimum absolute atomic E-state index is 0.162. The number of thioether (sulfide) groups is 1. The van der Waals surface area contributed by atoms with Crippen molar-refractivity contribution in [2.75, 3.05) is 32.5 Å². The van der Waals surface area contributed by atoms with Crippen LogP contribution in [0.3, 0.4) is 0 Å². The molecule has 2 amide bonds. The van der Waals surface area contributed by atoms with Gasteiger partial charge in [-0.15, -0.1) is 0 Å². The van der Waals surface area contributed by atoms with Crippen LogP contribution >= 0.6 is 11.8 Å². The Morgan fingerprint density at radius 2 is 1.89 bits per heavy atom. The van der Waals surface area contributed by atoms with Crippen LogP contribution < -0.4 is 19.1 Å². The van der Waals surface area contributed by atoms with Crippen LogP contribution in [-0.4, -0.2) is 43.7 Å². The van der Waals surface area contributed by atoms with Gasteiger partial charge in [-0.25, -0.2) is 4.90 Å². The van der Waals surface area contributed by atoms with Crippen molar-refractivity contribution < 1.29 is 23.8 Å². The summed E-state index contributed by atoms with van der Waals surface area (Å²) in [5.41, 5.74) is 1.65. The Morgan fingerprint density at radius 1 is 1.14 bits per heavy atom. The molecular formula is C20H18N2O5S. The molecule has 2 heterocycles. The number of hydrogen-bond donors (Lipinski definition) is 0. The molecule has 0 saturated carbocycles. The Morgan fingerprint density at radius 3 is 2.64 bits per heavy atom. The number of fused-ring (bicyclic) bond motifs is 1. The molecule has 4 rings (SSSR count). The van der Waals surface area contributed by atoms with Crippen molar-refractivity contribution in [2.45, 2.75) is 0 Å². The molecule has 0 radical (unpaired) electrons. The first-order valence-electron chi connectivity index (χ1n) is 8.55. The highest BCUT2D eigenvalue weighted by Gasteiger charge is 2.35. The van der Waals surface area contributed by atoms with E-state index in [0.717, 1.165) is 28.8 Å². The maximum Gasteiger partial charge on any atom is 0.295 e. The minimum Gasteiger partial charge on any atom is -0.497 e. The number of benzene rings is 2. The second kappa shape index (κ2) is 7.47. The van der Waals surface area contributed by atoms with Crippen LogP contribution in [-0.2, 0) is 4.79 Å². The van der Waals surface area contributed by atoms with Gasteiger partial charge in [0.1, 0.15) is 12.4 Å². The van der Waals surface area contributed by atoms with E-state index in [1.165, 1.54) is 4.90 Å². The van der Waals surface area contributed by atoms with Gasteiger partial charge in [0.25, 0.3) is 11.1 Å². The van der Waals surface area contributed by atoms with Crippen LogP contribution in [0, 0.1) is 0 Å². The van der Waals surface area contributed by atoms with Gasteiger partial charge in [-0.3, -0.25) is 9.59 Å². The number of carbonyl (C=O) groups is 2. The van der Waals surface area contributed by atoms with Crippen molar-refractivity contribution in [2.24, 2.45) is 0 Å². The monoisotopic (exact) mass is 398 g/mol. The number of ether oxygens (including phenoxy) is 3. The van der Waals surface area contributed by atoms with Gasteiger partial charge in [0, 0.05) is 12.7 Å². The van der Waals surface area contributed by atoms with Gasteiger partial charge in [0.15, 0.2) is 11.5 Å². The van der Waals surface area contributed by atoms with E-state index in [4.69, 9.17) is 14.2 Å². The highest BCUT2D eigenvalue weighted by atomic mass is 32.2. The Hall–Kier alpha value is -3.13. The van der Waals surface area contributed by atoms with Gasteiger partial charge in [-0.1, -0.05) is 6.07 Å². The van der Waals surface area contributed by atoms with Gasteiger partial charge >= 0.3 is 0 Å². The lowest BCUT2D eigenvalue weighted by Crippen LogP contribution is -2.38. The molecule has 8 heteroatoms. The van der Waals surface area contributed by atoms with E-state index in [0.29, 0.717) is 16.4 Å². The van der Waals surface area contributed by atoms with Gasteiger partial charge in [-0.2, -0.15) is 0 Å². The molecule has 2 aromatic carbocycles. The molecule has 0 bridgehead atoms. The number of methoxy groups -OCH3 is 1. The van der Waals surface area contributed by atoms with Crippen LogP contribution in [0.4, 0.5) is 10.5 Å². The molecule has 0 unspecified atom stereocenters. The lowest BCUT2D eigenvalue weighted by molar-refractivity contribution is -0.122. The fraction of sp³-hybridized carbons (Fsp3) is 0.200.